The van der Waals surface area contributed by atoms with Crippen molar-refractivity contribution in [3.05, 3.63) is 36.0 Å². The summed E-state index contributed by atoms with van der Waals surface area (Å²) in [7, 11) is 0. The van der Waals surface area contributed by atoms with Crippen LogP contribution in [0.3, 0.4) is 0 Å². The summed E-state index contributed by atoms with van der Waals surface area (Å²) in [5.41, 5.74) is 8.87. The van der Waals surface area contributed by atoms with Gasteiger partial charge in [0, 0.05) is 36.2 Å². The van der Waals surface area contributed by atoms with Gasteiger partial charge >= 0.3 is 0 Å². The minimum atomic E-state index is 0.342. The third kappa shape index (κ3) is 2.99. The van der Waals surface area contributed by atoms with Crippen molar-refractivity contribution in [2.45, 2.75) is 45.8 Å². The van der Waals surface area contributed by atoms with E-state index in [-0.39, 0.29) is 0 Å². The smallest absolute Gasteiger partial charge is 0.0483 e. The monoisotopic (exact) mass is 285 g/mol. The number of benzene rings is 1. The van der Waals surface area contributed by atoms with Gasteiger partial charge < -0.3 is 10.3 Å². The van der Waals surface area contributed by atoms with Crippen LogP contribution in [0.1, 0.15) is 32.3 Å². The van der Waals surface area contributed by atoms with Crippen LogP contribution in [-0.2, 0) is 13.1 Å². The van der Waals surface area contributed by atoms with E-state index in [1.165, 1.54) is 42.4 Å². The fourth-order valence-electron chi connectivity index (χ4n) is 3.59. The zero-order chi connectivity index (χ0) is 14.8. The summed E-state index contributed by atoms with van der Waals surface area (Å²) in [6, 6.07) is 9.10. The minimum Gasteiger partial charge on any atom is -0.347 e. The second kappa shape index (κ2) is 6.20. The lowest BCUT2D eigenvalue weighted by molar-refractivity contribution is 0.166. The largest absolute Gasteiger partial charge is 0.347 e. The Morgan fingerprint density at radius 1 is 1.24 bits per heavy atom. The molecule has 2 aromatic rings. The molecule has 1 aliphatic heterocycles. The molecule has 1 aliphatic rings. The fourth-order valence-corrected chi connectivity index (χ4v) is 3.59. The van der Waals surface area contributed by atoms with Crippen LogP contribution in [0, 0.1) is 5.92 Å². The van der Waals surface area contributed by atoms with Gasteiger partial charge in [0.25, 0.3) is 0 Å². The number of fused-ring (bicyclic) bond motifs is 1. The van der Waals surface area contributed by atoms with Gasteiger partial charge in [-0.2, -0.15) is 0 Å². The zero-order valence-electron chi connectivity index (χ0n) is 13.3. The highest BCUT2D eigenvalue weighted by atomic mass is 15.1. The van der Waals surface area contributed by atoms with E-state index in [9.17, 15) is 0 Å². The molecule has 0 saturated carbocycles. The van der Waals surface area contributed by atoms with Crippen molar-refractivity contribution in [1.82, 2.24) is 9.47 Å². The normalized spacial score (nSPS) is 19.2. The van der Waals surface area contributed by atoms with Crippen LogP contribution in [0.15, 0.2) is 30.5 Å². The number of nitrogens with zero attached hydrogens (tertiary/aromatic N) is 2. The molecule has 21 heavy (non-hydrogen) atoms. The Kier molecular flexibility index (Phi) is 4.32. The molecule has 1 atom stereocenters. The molecule has 114 valence electrons. The van der Waals surface area contributed by atoms with Gasteiger partial charge in [0.2, 0.25) is 0 Å². The van der Waals surface area contributed by atoms with Crippen LogP contribution in [-0.4, -0.2) is 28.6 Å². The Hall–Kier alpha value is -1.32. The third-order valence-corrected chi connectivity index (χ3v) is 4.98. The van der Waals surface area contributed by atoms with Crippen LogP contribution < -0.4 is 5.73 Å². The van der Waals surface area contributed by atoms with Gasteiger partial charge in [-0.3, -0.25) is 4.90 Å². The van der Waals surface area contributed by atoms with Gasteiger partial charge in [-0.25, -0.2) is 0 Å². The van der Waals surface area contributed by atoms with Gasteiger partial charge in [-0.05, 0) is 57.3 Å². The number of aryl methyl sites for hydroxylation is 1. The van der Waals surface area contributed by atoms with E-state index < -0.39 is 0 Å². The summed E-state index contributed by atoms with van der Waals surface area (Å²) < 4.78 is 2.36. The number of nitrogens with two attached hydrogens (primary N) is 1. The summed E-state index contributed by atoms with van der Waals surface area (Å²) in [6.45, 7) is 8.82. The molecule has 0 spiro atoms. The molecule has 1 unspecified atom stereocenters. The van der Waals surface area contributed by atoms with Crippen LogP contribution in [0.25, 0.3) is 10.9 Å². The van der Waals surface area contributed by atoms with E-state index in [4.69, 9.17) is 5.73 Å². The Labute approximate surface area is 127 Å². The number of rotatable bonds is 4. The first kappa shape index (κ1) is 14.6. The molecule has 0 aliphatic carbocycles. The molecule has 2 heterocycles. The lowest BCUT2D eigenvalue weighted by Crippen LogP contribution is -2.39. The first-order valence-corrected chi connectivity index (χ1v) is 8.23. The van der Waals surface area contributed by atoms with Gasteiger partial charge in [0.1, 0.15) is 0 Å². The number of piperidine rings is 1. The molecule has 0 amide bonds. The lowest BCUT2D eigenvalue weighted by atomic mass is 9.91. The molecule has 1 fully saturated rings. The summed E-state index contributed by atoms with van der Waals surface area (Å²) in [6.07, 6.45) is 4.82. The van der Waals surface area contributed by atoms with E-state index >= 15 is 0 Å². The SMILES string of the molecule is CCn1cc(CN2CCC(C(C)N)CC2)c2ccccc21. The van der Waals surface area contributed by atoms with E-state index in [0.717, 1.165) is 13.1 Å². The first-order valence-electron chi connectivity index (χ1n) is 8.23. The minimum absolute atomic E-state index is 0.342. The first-order chi connectivity index (χ1) is 10.2. The van der Waals surface area contributed by atoms with Crippen LogP contribution in [0.5, 0.6) is 0 Å². The summed E-state index contributed by atoms with van der Waals surface area (Å²) in [5.74, 6) is 0.707. The quantitative estimate of drug-likeness (QED) is 0.936. The van der Waals surface area contributed by atoms with Crippen molar-refractivity contribution in [2.24, 2.45) is 11.7 Å². The Bertz CT molecular complexity index is 592. The van der Waals surface area contributed by atoms with Crippen molar-refractivity contribution >= 4 is 10.9 Å². The van der Waals surface area contributed by atoms with Crippen LogP contribution in [0.4, 0.5) is 0 Å². The maximum atomic E-state index is 6.04. The van der Waals surface area contributed by atoms with E-state index in [2.05, 4.69) is 53.8 Å². The highest BCUT2D eigenvalue weighted by Gasteiger charge is 2.22. The second-order valence-electron chi connectivity index (χ2n) is 6.43. The highest BCUT2D eigenvalue weighted by Crippen LogP contribution is 2.25. The predicted octanol–water partition coefficient (Wildman–Crippen LogP) is 3.22. The number of hydrogen-bond acceptors (Lipinski definition) is 2. The molecule has 1 aromatic heterocycles. The van der Waals surface area contributed by atoms with Gasteiger partial charge in [0.05, 0.1) is 0 Å². The number of hydrogen-bond donors (Lipinski definition) is 1. The number of likely N-dealkylation sites (tertiary alicyclic amines) is 1. The van der Waals surface area contributed by atoms with Crippen molar-refractivity contribution in [1.29, 1.82) is 0 Å². The van der Waals surface area contributed by atoms with Crippen LogP contribution in [0.2, 0.25) is 0 Å². The van der Waals surface area contributed by atoms with E-state index in [1.54, 1.807) is 0 Å². The Balaban J connectivity index is 1.74. The molecular weight excluding hydrogens is 258 g/mol. The maximum Gasteiger partial charge on any atom is 0.0483 e. The van der Waals surface area contributed by atoms with Crippen molar-refractivity contribution in [2.75, 3.05) is 13.1 Å². The fraction of sp³-hybridized carbons (Fsp3) is 0.556. The van der Waals surface area contributed by atoms with Crippen molar-refractivity contribution < 1.29 is 0 Å². The molecule has 0 radical (unpaired) electrons. The van der Waals surface area contributed by atoms with Crippen LogP contribution >= 0.6 is 0 Å². The molecule has 0 bridgehead atoms. The topological polar surface area (TPSA) is 34.2 Å². The zero-order valence-corrected chi connectivity index (χ0v) is 13.3. The van der Waals surface area contributed by atoms with Crippen molar-refractivity contribution in [3.63, 3.8) is 0 Å². The standard InChI is InChI=1S/C18H27N3/c1-3-21-13-16(17-6-4-5-7-18(17)21)12-20-10-8-15(9-11-20)14(2)19/h4-7,13-15H,3,8-12,19H2,1-2H3. The summed E-state index contributed by atoms with van der Waals surface area (Å²) in [5, 5.41) is 1.41. The molecule has 2 N–H and O–H groups in total. The number of aromatic nitrogens is 1. The predicted molar refractivity (Wildman–Crippen MR) is 89.3 cm³/mol. The lowest BCUT2D eigenvalue weighted by Gasteiger charge is -2.33. The number of para-hydroxylation sites is 1. The molecule has 3 heteroatoms. The highest BCUT2D eigenvalue weighted by molar-refractivity contribution is 5.83. The molecule has 3 rings (SSSR count). The summed E-state index contributed by atoms with van der Waals surface area (Å²) >= 11 is 0. The third-order valence-electron chi connectivity index (χ3n) is 4.98. The molecule has 3 nitrogen and oxygen atoms in total. The van der Waals surface area contributed by atoms with Gasteiger partial charge in [-0.15, -0.1) is 0 Å². The summed E-state index contributed by atoms with van der Waals surface area (Å²) in [4.78, 5) is 2.58. The van der Waals surface area contributed by atoms with Gasteiger partial charge in [-0.1, -0.05) is 18.2 Å². The van der Waals surface area contributed by atoms with Crippen molar-refractivity contribution in [3.8, 4) is 0 Å². The van der Waals surface area contributed by atoms with Gasteiger partial charge in [0.15, 0.2) is 0 Å². The molecule has 1 aromatic carbocycles. The van der Waals surface area contributed by atoms with E-state index in [0.29, 0.717) is 12.0 Å². The average Bonchev–Trinajstić information content (AvgIpc) is 2.86. The van der Waals surface area contributed by atoms with E-state index in [1.807, 2.05) is 0 Å². The second-order valence-corrected chi connectivity index (χ2v) is 6.43. The average molecular weight is 285 g/mol. The Morgan fingerprint density at radius 2 is 1.95 bits per heavy atom. The Morgan fingerprint density at radius 3 is 2.62 bits per heavy atom. The molecular formula is C18H27N3. The molecule has 1 saturated heterocycles. The maximum absolute atomic E-state index is 6.04.